The highest BCUT2D eigenvalue weighted by Gasteiger charge is 2.32. The van der Waals surface area contributed by atoms with Gasteiger partial charge < -0.3 is 15.4 Å². The summed E-state index contributed by atoms with van der Waals surface area (Å²) in [5.74, 6) is 0.419. The lowest BCUT2D eigenvalue weighted by Crippen LogP contribution is -2.26. The molecule has 1 amide bonds. The number of H-pyrrole nitrogens is 1. The molecule has 2 aromatic carbocycles. The monoisotopic (exact) mass is 493 g/mol. The number of nitrogens with one attached hydrogen (secondary N) is 1. The Balaban J connectivity index is 1.36. The first-order valence-corrected chi connectivity index (χ1v) is 12.3. The number of aromatic amines is 1. The summed E-state index contributed by atoms with van der Waals surface area (Å²) in [4.78, 5) is 20.5. The lowest BCUT2D eigenvalue weighted by molar-refractivity contribution is 0.0800. The highest BCUT2D eigenvalue weighted by atomic mass is 32.1. The van der Waals surface area contributed by atoms with Crippen LogP contribution < -0.4 is 10.5 Å². The van der Waals surface area contributed by atoms with Gasteiger partial charge in [0, 0.05) is 36.4 Å². The SMILES string of the molecule is C=C(CN1Cc2c(-c3ccc4[nH]nc(-c5cccs5)c4c3)ccc(N)c2C1=O)c1ccnc(OC)c1. The fraction of sp³-hybridized carbons (Fsp3) is 0.107. The minimum absolute atomic E-state index is 0.0878. The van der Waals surface area contributed by atoms with Crippen molar-refractivity contribution < 1.29 is 9.53 Å². The topological polar surface area (TPSA) is 97.1 Å². The molecule has 6 rings (SSSR count). The van der Waals surface area contributed by atoms with E-state index in [9.17, 15) is 4.79 Å². The van der Waals surface area contributed by atoms with E-state index in [1.165, 1.54) is 0 Å². The van der Waals surface area contributed by atoms with Gasteiger partial charge in [-0.05, 0) is 63.5 Å². The maximum atomic E-state index is 13.4. The molecule has 0 atom stereocenters. The lowest BCUT2D eigenvalue weighted by Gasteiger charge is -2.18. The van der Waals surface area contributed by atoms with Crippen LogP contribution in [-0.2, 0) is 6.54 Å². The zero-order valence-corrected chi connectivity index (χ0v) is 20.4. The molecule has 178 valence electrons. The Hall–Kier alpha value is -4.43. The number of carbonyl (C=O) groups is 1. The molecule has 1 aliphatic rings. The molecule has 0 unspecified atom stereocenters. The van der Waals surface area contributed by atoms with Gasteiger partial charge in [-0.1, -0.05) is 24.8 Å². The molecular formula is C28H23N5O2S. The van der Waals surface area contributed by atoms with Crippen molar-refractivity contribution in [3.63, 3.8) is 0 Å². The average Bonchev–Trinajstić information content (AvgIpc) is 3.64. The van der Waals surface area contributed by atoms with Crippen molar-refractivity contribution in [2.75, 3.05) is 19.4 Å². The number of benzene rings is 2. The fourth-order valence-electron chi connectivity index (χ4n) is 4.75. The quantitative estimate of drug-likeness (QED) is 0.300. The van der Waals surface area contributed by atoms with Crippen molar-refractivity contribution in [3.05, 3.63) is 89.4 Å². The number of hydrogen-bond acceptors (Lipinski definition) is 6. The van der Waals surface area contributed by atoms with E-state index in [1.54, 1.807) is 29.5 Å². The molecule has 0 spiro atoms. The zero-order valence-electron chi connectivity index (χ0n) is 19.6. The van der Waals surface area contributed by atoms with Gasteiger partial charge in [0.15, 0.2) is 0 Å². The summed E-state index contributed by atoms with van der Waals surface area (Å²) < 4.78 is 5.23. The van der Waals surface area contributed by atoms with Gasteiger partial charge in [-0.2, -0.15) is 5.10 Å². The molecule has 0 saturated carbocycles. The number of thiophene rings is 1. The predicted octanol–water partition coefficient (Wildman–Crippen LogP) is 5.61. The molecule has 36 heavy (non-hydrogen) atoms. The molecule has 4 heterocycles. The first kappa shape index (κ1) is 22.1. The van der Waals surface area contributed by atoms with Crippen LogP contribution >= 0.6 is 11.3 Å². The number of amides is 1. The van der Waals surface area contributed by atoms with Gasteiger partial charge in [0.2, 0.25) is 5.88 Å². The van der Waals surface area contributed by atoms with Crippen LogP contribution in [0.25, 0.3) is 38.2 Å². The Labute approximate surface area is 211 Å². The fourth-order valence-corrected chi connectivity index (χ4v) is 5.48. The molecule has 1 aliphatic heterocycles. The molecule has 0 aliphatic carbocycles. The lowest BCUT2D eigenvalue weighted by atomic mass is 9.94. The second-order valence-corrected chi connectivity index (χ2v) is 9.67. The number of anilines is 1. The van der Waals surface area contributed by atoms with Crippen molar-refractivity contribution >= 4 is 39.4 Å². The summed E-state index contributed by atoms with van der Waals surface area (Å²) >= 11 is 1.66. The van der Waals surface area contributed by atoms with E-state index in [4.69, 9.17) is 10.5 Å². The van der Waals surface area contributed by atoms with Crippen LogP contribution in [0.3, 0.4) is 0 Å². The number of methoxy groups -OCH3 is 1. The second kappa shape index (κ2) is 8.66. The van der Waals surface area contributed by atoms with Crippen molar-refractivity contribution in [1.29, 1.82) is 0 Å². The van der Waals surface area contributed by atoms with Crippen LogP contribution in [0.2, 0.25) is 0 Å². The summed E-state index contributed by atoms with van der Waals surface area (Å²) in [6.45, 7) is 5.04. The van der Waals surface area contributed by atoms with Crippen molar-refractivity contribution in [1.82, 2.24) is 20.1 Å². The summed E-state index contributed by atoms with van der Waals surface area (Å²) in [5.41, 5.74) is 13.9. The number of nitrogens with two attached hydrogens (primary N) is 1. The number of pyridine rings is 1. The molecule has 8 heteroatoms. The van der Waals surface area contributed by atoms with Gasteiger partial charge in [-0.3, -0.25) is 9.89 Å². The van der Waals surface area contributed by atoms with E-state index in [0.29, 0.717) is 30.2 Å². The number of carbonyl (C=O) groups excluding carboxylic acids is 1. The molecule has 0 bridgehead atoms. The third-order valence-corrected chi connectivity index (χ3v) is 7.43. The van der Waals surface area contributed by atoms with Crippen LogP contribution in [0.15, 0.2) is 72.8 Å². The maximum Gasteiger partial charge on any atom is 0.256 e. The van der Waals surface area contributed by atoms with Gasteiger partial charge in [-0.15, -0.1) is 11.3 Å². The predicted molar refractivity (Wildman–Crippen MR) is 144 cm³/mol. The van der Waals surface area contributed by atoms with E-state index in [2.05, 4.69) is 40.0 Å². The van der Waals surface area contributed by atoms with Gasteiger partial charge in [-0.25, -0.2) is 4.98 Å². The highest BCUT2D eigenvalue weighted by Crippen LogP contribution is 2.39. The molecule has 0 radical (unpaired) electrons. The van der Waals surface area contributed by atoms with Crippen molar-refractivity contribution in [3.8, 4) is 27.6 Å². The Bertz CT molecular complexity index is 1640. The van der Waals surface area contributed by atoms with Crippen LogP contribution in [0.5, 0.6) is 5.88 Å². The number of hydrogen-bond donors (Lipinski definition) is 2. The third kappa shape index (κ3) is 3.63. The number of nitrogen functional groups attached to an aromatic ring is 1. The van der Waals surface area contributed by atoms with Crippen LogP contribution in [0, 0.1) is 0 Å². The summed E-state index contributed by atoms with van der Waals surface area (Å²) in [7, 11) is 1.57. The van der Waals surface area contributed by atoms with Gasteiger partial charge in [0.05, 0.1) is 23.1 Å². The summed E-state index contributed by atoms with van der Waals surface area (Å²) in [5, 5.41) is 10.8. The molecule has 7 nitrogen and oxygen atoms in total. The molecule has 0 saturated heterocycles. The number of fused-ring (bicyclic) bond motifs is 2. The van der Waals surface area contributed by atoms with Gasteiger partial charge >= 0.3 is 0 Å². The maximum absolute atomic E-state index is 13.4. The van der Waals surface area contributed by atoms with E-state index < -0.39 is 0 Å². The third-order valence-electron chi connectivity index (χ3n) is 6.56. The number of rotatable bonds is 6. The smallest absolute Gasteiger partial charge is 0.256 e. The summed E-state index contributed by atoms with van der Waals surface area (Å²) in [6.07, 6.45) is 1.67. The summed E-state index contributed by atoms with van der Waals surface area (Å²) in [6, 6.07) is 17.8. The number of nitrogens with zero attached hydrogens (tertiary/aromatic N) is 3. The van der Waals surface area contributed by atoms with E-state index in [-0.39, 0.29) is 5.91 Å². The van der Waals surface area contributed by atoms with Crippen LogP contribution in [0.4, 0.5) is 5.69 Å². The average molecular weight is 494 g/mol. The van der Waals surface area contributed by atoms with Crippen LogP contribution in [-0.4, -0.2) is 39.6 Å². The molecule has 3 aromatic heterocycles. The second-order valence-electron chi connectivity index (χ2n) is 8.72. The van der Waals surface area contributed by atoms with Crippen molar-refractivity contribution in [2.45, 2.75) is 6.54 Å². The molecular weight excluding hydrogens is 470 g/mol. The number of aromatic nitrogens is 3. The number of ether oxygens (including phenoxy) is 1. The van der Waals surface area contributed by atoms with Crippen molar-refractivity contribution in [2.24, 2.45) is 0 Å². The van der Waals surface area contributed by atoms with Gasteiger partial charge in [0.1, 0.15) is 5.69 Å². The molecule has 5 aromatic rings. The highest BCUT2D eigenvalue weighted by molar-refractivity contribution is 7.13. The Morgan fingerprint density at radius 3 is 2.92 bits per heavy atom. The Kier molecular flexibility index (Phi) is 5.30. The normalized spacial score (nSPS) is 12.8. The Morgan fingerprint density at radius 1 is 1.22 bits per heavy atom. The van der Waals surface area contributed by atoms with Gasteiger partial charge in [0.25, 0.3) is 5.91 Å². The molecule has 3 N–H and O–H groups in total. The molecule has 0 fully saturated rings. The van der Waals surface area contributed by atoms with E-state index >= 15 is 0 Å². The first-order chi connectivity index (χ1) is 17.5. The van der Waals surface area contributed by atoms with E-state index in [1.807, 2.05) is 41.8 Å². The minimum atomic E-state index is -0.0878. The largest absolute Gasteiger partial charge is 0.481 e. The van der Waals surface area contributed by atoms with Crippen LogP contribution in [0.1, 0.15) is 21.5 Å². The Morgan fingerprint density at radius 2 is 2.11 bits per heavy atom. The minimum Gasteiger partial charge on any atom is -0.481 e. The first-order valence-electron chi connectivity index (χ1n) is 11.4. The zero-order chi connectivity index (χ0) is 24.8. The standard InChI is InChI=1S/C28H23N5O2S/c1-16(17-9-10-30-25(13-17)35-2)14-33-15-21-19(6-7-22(29)26(21)28(33)34)18-5-8-23-20(12-18)27(32-31-23)24-4-3-11-36-24/h3-13H,1,14-15,29H2,2H3,(H,31,32). The van der Waals surface area contributed by atoms with E-state index in [0.717, 1.165) is 49.3 Å².